The molecule has 0 amide bonds. The van der Waals surface area contributed by atoms with E-state index in [1.54, 1.807) is 0 Å². The third-order valence-electron chi connectivity index (χ3n) is 0. The molecule has 0 aromatic heterocycles. The largest absolute Gasteiger partial charge is 0 e. The van der Waals surface area contributed by atoms with Crippen LogP contribution in [-0.2, 0) is 0 Å². The smallest absolute Gasteiger partial charge is 0 e. The number of hydrogen-bond donors (Lipinski definition) is 0. The van der Waals surface area contributed by atoms with Crippen molar-refractivity contribution in [3.05, 3.63) is 0 Å². The molecular formula is U7. The van der Waals surface area contributed by atoms with E-state index in [4.69, 9.17) is 0 Å². The van der Waals surface area contributed by atoms with Crippen LogP contribution in [0.2, 0.25) is 0 Å². The first kappa shape index (κ1) is 47.3. The zero-order valence-corrected chi connectivity index (χ0v) is 32.6. The molecule has 0 atom stereocenters. The van der Waals surface area contributed by atoms with E-state index in [1.807, 2.05) is 0 Å². The van der Waals surface area contributed by atoms with Gasteiger partial charge in [0.15, 0.2) is 0 Å². The summed E-state index contributed by atoms with van der Waals surface area (Å²) in [7, 11) is 0. The maximum absolute atomic E-state index is 0. The van der Waals surface area contributed by atoms with Gasteiger partial charge in [-0.15, -0.1) is 0 Å². The van der Waals surface area contributed by atoms with E-state index in [0.717, 1.165) is 0 Å². The van der Waals surface area contributed by atoms with Crippen LogP contribution in [0.4, 0.5) is 0 Å². The average Bonchev–Trinajstić information content (AvgIpc) is 0. The Morgan fingerprint density at radius 3 is 0.143 bits per heavy atom. The molecule has 0 saturated heterocycles. The van der Waals surface area contributed by atoms with E-state index in [9.17, 15) is 0 Å². The minimum absolute atomic E-state index is 0. The minimum Gasteiger partial charge on any atom is 0 e. The summed E-state index contributed by atoms with van der Waals surface area (Å²) < 4.78 is 0. The Balaban J connectivity index is 0. The molecule has 0 nitrogen and oxygen atoms in total. The van der Waals surface area contributed by atoms with Gasteiger partial charge in [0.1, 0.15) is 0 Å². The van der Waals surface area contributed by atoms with Crippen LogP contribution in [-0.4, -0.2) is 0 Å². The Bertz CT molecular complexity index is 0. The van der Waals surface area contributed by atoms with Gasteiger partial charge in [0.25, 0.3) is 0 Å². The summed E-state index contributed by atoms with van der Waals surface area (Å²) in [5.74, 6) is 0. The van der Waals surface area contributed by atoms with Gasteiger partial charge in [0.2, 0.25) is 0 Å². The minimum atomic E-state index is 0. The SMILES string of the molecule is [U].[U].[U].[U].[U].[U].[U]. The number of hydrogen-bond acceptors (Lipinski definition) is 0. The second-order valence-corrected chi connectivity index (χ2v) is 0. The summed E-state index contributed by atoms with van der Waals surface area (Å²) in [4.78, 5) is 0. The molecule has 0 aromatic rings. The standard InChI is InChI=1S/7U. The van der Waals surface area contributed by atoms with E-state index in [1.165, 1.54) is 0 Å². The van der Waals surface area contributed by atoms with Gasteiger partial charge in [-0.2, -0.15) is 0 Å². The molecule has 0 spiro atoms. The summed E-state index contributed by atoms with van der Waals surface area (Å²) in [6.45, 7) is 0. The fourth-order valence-electron chi connectivity index (χ4n) is 0. The maximum atomic E-state index is 0. The molecule has 0 bridgehead atoms. The van der Waals surface area contributed by atoms with E-state index >= 15 is 0 Å². The van der Waals surface area contributed by atoms with Crippen LogP contribution < -0.4 is 0 Å². The van der Waals surface area contributed by atoms with Crippen molar-refractivity contribution in [3.63, 3.8) is 0 Å². The van der Waals surface area contributed by atoms with Gasteiger partial charge in [0, 0.05) is 218 Å². The van der Waals surface area contributed by atoms with Crippen LogP contribution in [0.5, 0.6) is 0 Å². The van der Waals surface area contributed by atoms with E-state index in [0.29, 0.717) is 0 Å². The van der Waals surface area contributed by atoms with Crippen LogP contribution in [0.3, 0.4) is 0 Å². The van der Waals surface area contributed by atoms with E-state index < -0.39 is 0 Å². The first-order valence-electron chi connectivity index (χ1n) is 0. The van der Waals surface area contributed by atoms with Gasteiger partial charge in [-0.05, 0) is 0 Å². The van der Waals surface area contributed by atoms with Crippen LogP contribution in [0.25, 0.3) is 0 Å². The summed E-state index contributed by atoms with van der Waals surface area (Å²) in [5, 5.41) is 0. The average molecular weight is 1670 g/mol. The van der Waals surface area contributed by atoms with E-state index in [-0.39, 0.29) is 218 Å². The van der Waals surface area contributed by atoms with Crippen molar-refractivity contribution >= 4 is 0 Å². The molecular weight excluding hydrogens is 1670 g/mol. The summed E-state index contributed by atoms with van der Waals surface area (Å²) in [6, 6.07) is 0. The third-order valence-corrected chi connectivity index (χ3v) is 0. The van der Waals surface area contributed by atoms with Gasteiger partial charge in [-0.25, -0.2) is 0 Å². The first-order valence-corrected chi connectivity index (χ1v) is 0. The molecule has 7 heteroatoms. The third kappa shape index (κ3) is 31.8. The van der Waals surface area contributed by atoms with Crippen LogP contribution >= 0.6 is 0 Å². The second-order valence-electron chi connectivity index (χ2n) is 0. The molecule has 0 aliphatic rings. The maximum Gasteiger partial charge on any atom is 0 e. The molecule has 0 unspecified atom stereocenters. The molecule has 0 saturated carbocycles. The van der Waals surface area contributed by atoms with Crippen LogP contribution in [0.1, 0.15) is 0 Å². The van der Waals surface area contributed by atoms with Crippen molar-refractivity contribution in [1.82, 2.24) is 0 Å². The van der Waals surface area contributed by atoms with Crippen molar-refractivity contribution in [2.24, 2.45) is 0 Å². The topological polar surface area (TPSA) is 0 Å². The molecule has 0 aromatic carbocycles. The van der Waals surface area contributed by atoms with Gasteiger partial charge < -0.3 is 0 Å². The van der Waals surface area contributed by atoms with Crippen molar-refractivity contribution in [2.45, 2.75) is 0 Å². The second kappa shape index (κ2) is 37.7. The summed E-state index contributed by atoms with van der Waals surface area (Å²) in [5.41, 5.74) is 0. The predicted molar refractivity (Wildman–Crippen MR) is 0 cm³/mol. The fraction of sp³-hybridized carbons (Fsp3) is 0. The Morgan fingerprint density at radius 1 is 0.143 bits per heavy atom. The molecule has 0 aliphatic carbocycles. The quantitative estimate of drug-likeness (QED) is 0.321. The summed E-state index contributed by atoms with van der Waals surface area (Å²) >= 11 is 0. The number of rotatable bonds is 0. The van der Waals surface area contributed by atoms with Crippen molar-refractivity contribution in [3.8, 4) is 0 Å². The molecule has 0 rings (SSSR count). The Hall–Kier alpha value is 7.36. The molecule has 0 aliphatic heterocycles. The van der Waals surface area contributed by atoms with Crippen LogP contribution in [0, 0.1) is 218 Å². The fourth-order valence-corrected chi connectivity index (χ4v) is 0. The summed E-state index contributed by atoms with van der Waals surface area (Å²) in [6.07, 6.45) is 0. The molecule has 7 heavy (non-hydrogen) atoms. The Kier molecular flexibility index (Phi) is 255. The van der Waals surface area contributed by atoms with Gasteiger partial charge in [0.05, 0.1) is 0 Å². The Labute approximate surface area is 211 Å². The van der Waals surface area contributed by atoms with Gasteiger partial charge in [-0.1, -0.05) is 0 Å². The molecule has 0 fully saturated rings. The molecule has 0 heterocycles. The van der Waals surface area contributed by atoms with Crippen molar-refractivity contribution < 1.29 is 218 Å². The van der Waals surface area contributed by atoms with Crippen LogP contribution in [0.15, 0.2) is 0 Å². The molecule has 0 N–H and O–H groups in total. The van der Waals surface area contributed by atoms with Crippen molar-refractivity contribution in [2.75, 3.05) is 0 Å². The normalized spacial score (nSPS) is 0. The predicted octanol–water partition coefficient (Wildman–Crippen LogP) is 0. The first-order chi connectivity index (χ1) is 0. The monoisotopic (exact) mass is 1670 g/mol. The molecule has 0 radical (unpaired) electrons. The van der Waals surface area contributed by atoms with Gasteiger partial charge in [-0.3, -0.25) is 0 Å². The zero-order chi connectivity index (χ0) is 0. The molecule has 28 valence electrons. The van der Waals surface area contributed by atoms with E-state index in [2.05, 4.69) is 0 Å². The Morgan fingerprint density at radius 2 is 0.143 bits per heavy atom. The zero-order valence-electron chi connectivity index (χ0n) is 3.50. The van der Waals surface area contributed by atoms with Crippen molar-refractivity contribution in [1.29, 1.82) is 0 Å². The van der Waals surface area contributed by atoms with Gasteiger partial charge >= 0.3 is 0 Å².